The van der Waals surface area contributed by atoms with E-state index in [-0.39, 0.29) is 17.9 Å². The average molecular weight is 238 g/mol. The van der Waals surface area contributed by atoms with Crippen molar-refractivity contribution < 1.29 is 9.59 Å². The molecule has 2 aliphatic rings. The first kappa shape index (κ1) is 12.4. The number of carbonyl (C=O) groups is 2. The Morgan fingerprint density at radius 2 is 2.00 bits per heavy atom. The lowest BCUT2D eigenvalue weighted by Crippen LogP contribution is -2.69. The van der Waals surface area contributed by atoms with Gasteiger partial charge in [-0.25, -0.2) is 0 Å². The molecule has 4 heteroatoms. The number of nitrogens with one attached hydrogen (secondary N) is 1. The van der Waals surface area contributed by atoms with Crippen LogP contribution < -0.4 is 5.32 Å². The SMILES string of the molecule is CC(C)CC1C(=O)NC(C)(C2CC2)C(=O)N1C. The van der Waals surface area contributed by atoms with Crippen LogP contribution in [0.5, 0.6) is 0 Å². The molecule has 0 aromatic heterocycles. The van der Waals surface area contributed by atoms with Crippen LogP contribution in [-0.2, 0) is 9.59 Å². The highest BCUT2D eigenvalue weighted by Crippen LogP contribution is 2.42. The summed E-state index contributed by atoms with van der Waals surface area (Å²) in [5, 5.41) is 2.96. The van der Waals surface area contributed by atoms with Crippen LogP contribution in [0.25, 0.3) is 0 Å². The first-order chi connectivity index (χ1) is 7.86. The van der Waals surface area contributed by atoms with Gasteiger partial charge in [-0.1, -0.05) is 13.8 Å². The zero-order valence-corrected chi connectivity index (χ0v) is 11.1. The number of piperazine rings is 1. The van der Waals surface area contributed by atoms with Gasteiger partial charge in [0.25, 0.3) is 0 Å². The Labute approximate surface area is 103 Å². The Morgan fingerprint density at radius 3 is 2.47 bits per heavy atom. The summed E-state index contributed by atoms with van der Waals surface area (Å²) in [4.78, 5) is 26.2. The average Bonchev–Trinajstić information content (AvgIpc) is 3.05. The van der Waals surface area contributed by atoms with E-state index < -0.39 is 5.54 Å². The van der Waals surface area contributed by atoms with E-state index in [1.165, 1.54) is 0 Å². The molecule has 1 saturated heterocycles. The van der Waals surface area contributed by atoms with Gasteiger partial charge in [-0.05, 0) is 38.0 Å². The van der Waals surface area contributed by atoms with Gasteiger partial charge in [-0.15, -0.1) is 0 Å². The van der Waals surface area contributed by atoms with Crippen LogP contribution in [0.3, 0.4) is 0 Å². The van der Waals surface area contributed by atoms with Crippen molar-refractivity contribution in [3.05, 3.63) is 0 Å². The molecular formula is C13H22N2O2. The van der Waals surface area contributed by atoms with Crippen molar-refractivity contribution in [1.82, 2.24) is 10.2 Å². The number of hydrogen-bond donors (Lipinski definition) is 1. The van der Waals surface area contributed by atoms with Crippen molar-refractivity contribution in [2.24, 2.45) is 11.8 Å². The van der Waals surface area contributed by atoms with Crippen LogP contribution in [0.15, 0.2) is 0 Å². The maximum Gasteiger partial charge on any atom is 0.248 e. The minimum Gasteiger partial charge on any atom is -0.340 e. The maximum atomic E-state index is 12.4. The molecule has 0 aromatic carbocycles. The Bertz CT molecular complexity index is 349. The molecule has 0 spiro atoms. The maximum absolute atomic E-state index is 12.4. The van der Waals surface area contributed by atoms with Crippen LogP contribution in [-0.4, -0.2) is 35.3 Å². The summed E-state index contributed by atoms with van der Waals surface area (Å²) in [6, 6.07) is -0.297. The highest BCUT2D eigenvalue weighted by molar-refractivity contribution is 5.99. The topological polar surface area (TPSA) is 49.4 Å². The van der Waals surface area contributed by atoms with Gasteiger partial charge in [0.2, 0.25) is 11.8 Å². The van der Waals surface area contributed by atoms with Crippen molar-refractivity contribution in [1.29, 1.82) is 0 Å². The van der Waals surface area contributed by atoms with E-state index in [0.717, 1.165) is 19.3 Å². The standard InChI is InChI=1S/C13H22N2O2/c1-8(2)7-10-11(16)14-13(3,9-5-6-9)12(17)15(10)4/h8-10H,5-7H2,1-4H3,(H,14,16). The second-order valence-corrected chi connectivity index (χ2v) is 6.03. The van der Waals surface area contributed by atoms with Crippen molar-refractivity contribution >= 4 is 11.8 Å². The molecule has 1 saturated carbocycles. The van der Waals surface area contributed by atoms with Gasteiger partial charge in [0.05, 0.1) is 0 Å². The Hall–Kier alpha value is -1.06. The van der Waals surface area contributed by atoms with E-state index in [9.17, 15) is 9.59 Å². The summed E-state index contributed by atoms with van der Waals surface area (Å²) in [7, 11) is 1.76. The largest absolute Gasteiger partial charge is 0.340 e. The molecule has 0 bridgehead atoms. The van der Waals surface area contributed by atoms with Crippen LogP contribution in [0.1, 0.15) is 40.0 Å². The van der Waals surface area contributed by atoms with Crippen molar-refractivity contribution in [2.75, 3.05) is 7.05 Å². The second kappa shape index (κ2) is 4.00. The van der Waals surface area contributed by atoms with Gasteiger partial charge in [-0.2, -0.15) is 0 Å². The molecule has 2 amide bonds. The molecule has 2 unspecified atom stereocenters. The number of hydrogen-bond acceptors (Lipinski definition) is 2. The fraction of sp³-hybridized carbons (Fsp3) is 0.846. The van der Waals surface area contributed by atoms with Gasteiger partial charge in [0, 0.05) is 7.05 Å². The molecule has 17 heavy (non-hydrogen) atoms. The number of likely N-dealkylation sites (N-methyl/N-ethyl adjacent to an activating group) is 1. The lowest BCUT2D eigenvalue weighted by atomic mass is 9.88. The molecule has 4 nitrogen and oxygen atoms in total. The molecule has 1 heterocycles. The van der Waals surface area contributed by atoms with Crippen molar-refractivity contribution in [2.45, 2.75) is 51.6 Å². The second-order valence-electron chi connectivity index (χ2n) is 6.03. The lowest BCUT2D eigenvalue weighted by Gasteiger charge is -2.43. The lowest BCUT2D eigenvalue weighted by molar-refractivity contribution is -0.154. The summed E-state index contributed by atoms with van der Waals surface area (Å²) in [6.07, 6.45) is 2.82. The molecule has 0 radical (unpaired) electrons. The third-order valence-electron chi connectivity index (χ3n) is 4.01. The highest BCUT2D eigenvalue weighted by Gasteiger charge is 2.54. The van der Waals surface area contributed by atoms with Gasteiger partial charge in [0.1, 0.15) is 11.6 Å². The quantitative estimate of drug-likeness (QED) is 0.802. The van der Waals surface area contributed by atoms with Gasteiger partial charge in [0.15, 0.2) is 0 Å². The Morgan fingerprint density at radius 1 is 1.41 bits per heavy atom. The predicted octanol–water partition coefficient (Wildman–Crippen LogP) is 1.16. The third kappa shape index (κ3) is 2.05. The predicted molar refractivity (Wildman–Crippen MR) is 65.3 cm³/mol. The molecule has 0 aromatic rings. The van der Waals surface area contributed by atoms with Crippen LogP contribution >= 0.6 is 0 Å². The molecule has 2 atom stereocenters. The number of amides is 2. The molecule has 1 aliphatic carbocycles. The molecule has 1 N–H and O–H groups in total. The smallest absolute Gasteiger partial charge is 0.248 e. The zero-order chi connectivity index (χ0) is 12.8. The van der Waals surface area contributed by atoms with E-state index >= 15 is 0 Å². The van der Waals surface area contributed by atoms with E-state index in [4.69, 9.17) is 0 Å². The van der Waals surface area contributed by atoms with Crippen LogP contribution in [0.4, 0.5) is 0 Å². The normalized spacial score (nSPS) is 34.2. The zero-order valence-electron chi connectivity index (χ0n) is 11.1. The van der Waals surface area contributed by atoms with Crippen LogP contribution in [0.2, 0.25) is 0 Å². The summed E-state index contributed by atoms with van der Waals surface area (Å²) in [5.41, 5.74) is -0.653. The molecule has 2 fully saturated rings. The van der Waals surface area contributed by atoms with E-state index in [2.05, 4.69) is 19.2 Å². The molecule has 2 rings (SSSR count). The minimum atomic E-state index is -0.653. The van der Waals surface area contributed by atoms with E-state index in [1.54, 1.807) is 11.9 Å². The van der Waals surface area contributed by atoms with Crippen LogP contribution in [0, 0.1) is 11.8 Å². The minimum absolute atomic E-state index is 0.00944. The summed E-state index contributed by atoms with van der Waals surface area (Å²) in [5.74, 6) is 0.827. The third-order valence-corrected chi connectivity index (χ3v) is 4.01. The molecular weight excluding hydrogens is 216 g/mol. The summed E-state index contributed by atoms with van der Waals surface area (Å²) < 4.78 is 0. The molecule has 1 aliphatic heterocycles. The fourth-order valence-electron chi connectivity index (χ4n) is 2.73. The Kier molecular flexibility index (Phi) is 2.92. The fourth-order valence-corrected chi connectivity index (χ4v) is 2.73. The van der Waals surface area contributed by atoms with Gasteiger partial charge in [-0.3, -0.25) is 9.59 Å². The molecule has 96 valence electrons. The summed E-state index contributed by atoms with van der Waals surface area (Å²) >= 11 is 0. The first-order valence-corrected chi connectivity index (χ1v) is 6.45. The number of nitrogens with zero attached hydrogens (tertiary/aromatic N) is 1. The van der Waals surface area contributed by atoms with Gasteiger partial charge >= 0.3 is 0 Å². The van der Waals surface area contributed by atoms with E-state index in [0.29, 0.717) is 11.8 Å². The van der Waals surface area contributed by atoms with Gasteiger partial charge < -0.3 is 10.2 Å². The van der Waals surface area contributed by atoms with Crippen molar-refractivity contribution in [3.63, 3.8) is 0 Å². The number of rotatable bonds is 3. The summed E-state index contributed by atoms with van der Waals surface area (Å²) in [6.45, 7) is 6.01. The first-order valence-electron chi connectivity index (χ1n) is 6.45. The number of carbonyl (C=O) groups excluding carboxylic acids is 2. The Balaban J connectivity index is 2.17. The van der Waals surface area contributed by atoms with Crippen molar-refractivity contribution in [3.8, 4) is 0 Å². The van der Waals surface area contributed by atoms with E-state index in [1.807, 2.05) is 6.92 Å². The monoisotopic (exact) mass is 238 g/mol. The highest BCUT2D eigenvalue weighted by atomic mass is 16.2.